The first kappa shape index (κ1) is 13.6. The first-order valence-corrected chi connectivity index (χ1v) is 8.45. The van der Waals surface area contributed by atoms with E-state index < -0.39 is 10.0 Å². The lowest BCUT2D eigenvalue weighted by Crippen LogP contribution is -2.31. The van der Waals surface area contributed by atoms with E-state index in [1.807, 2.05) is 6.92 Å². The number of rotatable bonds is 5. The molecule has 0 aromatic heterocycles. The number of hydrogen-bond acceptors (Lipinski definition) is 3. The van der Waals surface area contributed by atoms with Crippen molar-refractivity contribution in [2.24, 2.45) is 0 Å². The summed E-state index contributed by atoms with van der Waals surface area (Å²) in [5, 5.41) is 10.7. The van der Waals surface area contributed by atoms with E-state index in [4.69, 9.17) is 0 Å². The Labute approximate surface area is 112 Å². The summed E-state index contributed by atoms with van der Waals surface area (Å²) in [5.74, 6) is -0.633. The topological polar surface area (TPSA) is 37.3 Å². The summed E-state index contributed by atoms with van der Waals surface area (Å²) < 4.78 is -0.621. The van der Waals surface area contributed by atoms with Gasteiger partial charge in [-0.15, -0.1) is 23.5 Å². The van der Waals surface area contributed by atoms with Crippen molar-refractivity contribution in [1.29, 1.82) is 0 Å². The smallest absolute Gasteiger partial charge is 0.329 e. The van der Waals surface area contributed by atoms with Gasteiger partial charge in [0.05, 0.1) is 0 Å². The fourth-order valence-electron chi connectivity index (χ4n) is 2.78. The Morgan fingerprint density at radius 2 is 1.35 bits per heavy atom. The summed E-state index contributed by atoms with van der Waals surface area (Å²) in [7, 11) is 0. The van der Waals surface area contributed by atoms with Crippen molar-refractivity contribution in [3.63, 3.8) is 0 Å². The quantitative estimate of drug-likeness (QED) is 0.765. The van der Waals surface area contributed by atoms with Crippen LogP contribution in [0.5, 0.6) is 0 Å². The molecule has 0 radical (unpaired) electrons. The van der Waals surface area contributed by atoms with Gasteiger partial charge >= 0.3 is 5.97 Å². The van der Waals surface area contributed by atoms with Gasteiger partial charge in [0.2, 0.25) is 0 Å². The first-order chi connectivity index (χ1) is 8.10. The van der Waals surface area contributed by atoms with E-state index in [-0.39, 0.29) is 0 Å². The van der Waals surface area contributed by atoms with Crippen molar-refractivity contribution >= 4 is 29.5 Å². The maximum absolute atomic E-state index is 11.6. The zero-order valence-corrected chi connectivity index (χ0v) is 12.1. The highest BCUT2D eigenvalue weighted by Gasteiger charge is 2.40. The normalized spacial score (nSPS) is 23.4. The SMILES string of the molecule is CC(SC1CCCC1)(SC1CCCC1)C(=O)O. The Kier molecular flexibility index (Phi) is 4.70. The predicted molar refractivity (Wildman–Crippen MR) is 75.7 cm³/mol. The number of carboxylic acid groups (broad SMARTS) is 1. The second kappa shape index (κ2) is 5.87. The molecular formula is C13H22O2S2. The molecule has 0 saturated heterocycles. The predicted octanol–water partition coefficient (Wildman–Crippen LogP) is 4.14. The van der Waals surface area contributed by atoms with Gasteiger partial charge < -0.3 is 5.11 Å². The van der Waals surface area contributed by atoms with Crippen LogP contribution in [0.15, 0.2) is 0 Å². The lowest BCUT2D eigenvalue weighted by Gasteiger charge is -2.29. The molecule has 4 heteroatoms. The molecule has 1 N–H and O–H groups in total. The summed E-state index contributed by atoms with van der Waals surface area (Å²) >= 11 is 3.43. The number of carboxylic acids is 1. The second-order valence-corrected chi connectivity index (χ2v) is 9.00. The minimum absolute atomic E-state index is 0.574. The Bertz CT molecular complexity index is 251. The van der Waals surface area contributed by atoms with Crippen molar-refractivity contribution < 1.29 is 9.90 Å². The van der Waals surface area contributed by atoms with E-state index in [9.17, 15) is 9.90 Å². The Hall–Kier alpha value is 0.170. The van der Waals surface area contributed by atoms with Gasteiger partial charge in [0.25, 0.3) is 0 Å². The van der Waals surface area contributed by atoms with Gasteiger partial charge in [0.1, 0.15) is 0 Å². The van der Waals surface area contributed by atoms with Crippen LogP contribution >= 0.6 is 23.5 Å². The van der Waals surface area contributed by atoms with Crippen molar-refractivity contribution in [2.75, 3.05) is 0 Å². The Balaban J connectivity index is 1.94. The highest BCUT2D eigenvalue weighted by atomic mass is 32.2. The molecule has 2 saturated carbocycles. The van der Waals surface area contributed by atoms with Crippen molar-refractivity contribution in [3.8, 4) is 0 Å². The van der Waals surface area contributed by atoms with Crippen LogP contribution in [0, 0.1) is 0 Å². The molecular weight excluding hydrogens is 252 g/mol. The molecule has 0 aromatic rings. The Morgan fingerprint density at radius 1 is 1.00 bits per heavy atom. The zero-order valence-electron chi connectivity index (χ0n) is 10.5. The third-order valence-electron chi connectivity index (χ3n) is 3.78. The summed E-state index contributed by atoms with van der Waals surface area (Å²) in [6.07, 6.45) is 9.95. The summed E-state index contributed by atoms with van der Waals surface area (Å²) in [6.45, 7) is 1.92. The molecule has 0 aliphatic heterocycles. The molecule has 0 bridgehead atoms. The van der Waals surface area contributed by atoms with Crippen LogP contribution in [0.25, 0.3) is 0 Å². The standard InChI is InChI=1S/C13H22O2S2/c1-13(12(14)15,16-10-6-2-3-7-10)17-11-8-4-5-9-11/h10-11H,2-9H2,1H3,(H,14,15). The van der Waals surface area contributed by atoms with Crippen LogP contribution in [0.3, 0.4) is 0 Å². The molecule has 0 atom stereocenters. The molecule has 2 aliphatic rings. The van der Waals surface area contributed by atoms with E-state index in [0.717, 1.165) is 0 Å². The maximum atomic E-state index is 11.6. The molecule has 0 aromatic carbocycles. The van der Waals surface area contributed by atoms with E-state index >= 15 is 0 Å². The molecule has 2 fully saturated rings. The lowest BCUT2D eigenvalue weighted by atomic mass is 10.4. The molecule has 2 nitrogen and oxygen atoms in total. The monoisotopic (exact) mass is 274 g/mol. The van der Waals surface area contributed by atoms with Crippen LogP contribution in [0.2, 0.25) is 0 Å². The highest BCUT2D eigenvalue weighted by Crippen LogP contribution is 2.48. The van der Waals surface area contributed by atoms with Gasteiger partial charge in [-0.25, -0.2) is 4.79 Å². The number of carbonyl (C=O) groups is 1. The average Bonchev–Trinajstić information content (AvgIpc) is 2.90. The third kappa shape index (κ3) is 3.57. The molecule has 2 aliphatic carbocycles. The summed E-state index contributed by atoms with van der Waals surface area (Å²) in [4.78, 5) is 11.6. The fourth-order valence-corrected chi connectivity index (χ4v) is 6.43. The molecule has 2 rings (SSSR count). The van der Waals surface area contributed by atoms with Gasteiger partial charge in [0.15, 0.2) is 4.08 Å². The maximum Gasteiger partial charge on any atom is 0.329 e. The zero-order chi connectivity index (χ0) is 12.3. The van der Waals surface area contributed by atoms with Gasteiger partial charge in [-0.1, -0.05) is 25.7 Å². The van der Waals surface area contributed by atoms with Crippen molar-refractivity contribution in [1.82, 2.24) is 0 Å². The van der Waals surface area contributed by atoms with Crippen molar-refractivity contribution in [2.45, 2.75) is 72.9 Å². The van der Waals surface area contributed by atoms with Gasteiger partial charge in [-0.05, 0) is 32.6 Å². The first-order valence-electron chi connectivity index (χ1n) is 6.69. The molecule has 0 spiro atoms. The van der Waals surface area contributed by atoms with E-state index in [0.29, 0.717) is 10.5 Å². The van der Waals surface area contributed by atoms with Crippen LogP contribution in [-0.2, 0) is 4.79 Å². The Morgan fingerprint density at radius 3 is 1.65 bits per heavy atom. The fraction of sp³-hybridized carbons (Fsp3) is 0.923. The van der Waals surface area contributed by atoms with E-state index in [1.165, 1.54) is 51.4 Å². The molecule has 0 unspecified atom stereocenters. The molecule has 0 heterocycles. The summed E-state index contributed by atoms with van der Waals surface area (Å²) in [5.41, 5.74) is 0. The van der Waals surface area contributed by atoms with Gasteiger partial charge in [0, 0.05) is 10.5 Å². The van der Waals surface area contributed by atoms with Gasteiger partial charge in [-0.3, -0.25) is 0 Å². The van der Waals surface area contributed by atoms with Crippen LogP contribution in [-0.4, -0.2) is 25.7 Å². The highest BCUT2D eigenvalue weighted by molar-refractivity contribution is 8.19. The number of aliphatic carboxylic acids is 1. The second-order valence-electron chi connectivity index (χ2n) is 5.30. The number of hydrogen-bond donors (Lipinski definition) is 1. The minimum Gasteiger partial charge on any atom is -0.480 e. The van der Waals surface area contributed by atoms with Crippen LogP contribution < -0.4 is 0 Å². The van der Waals surface area contributed by atoms with E-state index in [2.05, 4.69) is 0 Å². The molecule has 98 valence electrons. The largest absolute Gasteiger partial charge is 0.480 e. The number of thioether (sulfide) groups is 2. The van der Waals surface area contributed by atoms with Crippen LogP contribution in [0.4, 0.5) is 0 Å². The third-order valence-corrected chi connectivity index (χ3v) is 7.21. The summed E-state index contributed by atoms with van der Waals surface area (Å²) in [6, 6.07) is 0. The molecule has 17 heavy (non-hydrogen) atoms. The van der Waals surface area contributed by atoms with Gasteiger partial charge in [-0.2, -0.15) is 0 Å². The molecule has 0 amide bonds. The average molecular weight is 274 g/mol. The van der Waals surface area contributed by atoms with E-state index in [1.54, 1.807) is 23.5 Å². The van der Waals surface area contributed by atoms with Crippen molar-refractivity contribution in [3.05, 3.63) is 0 Å². The minimum atomic E-state index is -0.633. The van der Waals surface area contributed by atoms with Crippen LogP contribution in [0.1, 0.15) is 58.3 Å². The lowest BCUT2D eigenvalue weighted by molar-refractivity contribution is -0.136.